The van der Waals surface area contributed by atoms with E-state index in [1.165, 1.54) is 23.0 Å². The molecule has 0 saturated heterocycles. The predicted octanol–water partition coefficient (Wildman–Crippen LogP) is 6.43. The fraction of sp³-hybridized carbons (Fsp3) is 0.0714. The Morgan fingerprint density at radius 3 is 2.56 bits per heavy atom. The monoisotopic (exact) mass is 583 g/mol. The number of aromatic nitrogens is 3. The van der Waals surface area contributed by atoms with E-state index >= 15 is 0 Å². The van der Waals surface area contributed by atoms with E-state index in [2.05, 4.69) is 20.7 Å². The summed E-state index contributed by atoms with van der Waals surface area (Å²) in [5.74, 6) is -3.51. The van der Waals surface area contributed by atoms with Crippen LogP contribution in [0, 0.1) is 11.6 Å². The Labute approximate surface area is 232 Å². The summed E-state index contributed by atoms with van der Waals surface area (Å²) in [5, 5.41) is 9.46. The number of rotatable bonds is 4. The molecular formula is C28H15ClF5N5O2. The van der Waals surface area contributed by atoms with Crippen LogP contribution in [-0.4, -0.2) is 26.4 Å². The lowest BCUT2D eigenvalue weighted by Gasteiger charge is -2.19. The summed E-state index contributed by atoms with van der Waals surface area (Å²) >= 11 is 6.32. The van der Waals surface area contributed by atoms with Crippen LogP contribution in [0.4, 0.5) is 27.6 Å². The minimum Gasteiger partial charge on any atom is -0.341 e. The topological polar surface area (TPSA) is 88.4 Å². The molecule has 3 heterocycles. The first kappa shape index (κ1) is 26.4. The number of benzene rings is 3. The SMILES string of the molecule is O=C(Nc1cc(-c2ccc3ncnn3c2)cc2c1[C@H](c1cc(F)ccc1Cl)NC2=O)c1cc(F)cc(C(F)(F)F)c1. The van der Waals surface area contributed by atoms with E-state index in [9.17, 15) is 31.5 Å². The predicted molar refractivity (Wildman–Crippen MR) is 138 cm³/mol. The maximum absolute atomic E-state index is 14.2. The van der Waals surface area contributed by atoms with Crippen LogP contribution in [0.1, 0.15) is 43.4 Å². The van der Waals surface area contributed by atoms with Gasteiger partial charge in [0.15, 0.2) is 5.65 Å². The number of alkyl halides is 3. The Hall–Kier alpha value is -4.84. The van der Waals surface area contributed by atoms with Gasteiger partial charge in [0.1, 0.15) is 18.0 Å². The van der Waals surface area contributed by atoms with Crippen LogP contribution in [0.5, 0.6) is 0 Å². The number of amides is 2. The van der Waals surface area contributed by atoms with Crippen molar-refractivity contribution in [1.82, 2.24) is 19.9 Å². The molecule has 1 atom stereocenters. The highest BCUT2D eigenvalue weighted by molar-refractivity contribution is 6.31. The van der Waals surface area contributed by atoms with Crippen molar-refractivity contribution in [2.75, 3.05) is 5.32 Å². The Morgan fingerprint density at radius 1 is 0.976 bits per heavy atom. The molecule has 3 aromatic carbocycles. The fourth-order valence-electron chi connectivity index (χ4n) is 4.74. The zero-order chi connectivity index (χ0) is 29.1. The van der Waals surface area contributed by atoms with Gasteiger partial charge in [-0.25, -0.2) is 18.3 Å². The van der Waals surface area contributed by atoms with Crippen LogP contribution in [-0.2, 0) is 6.18 Å². The van der Waals surface area contributed by atoms with E-state index in [4.69, 9.17) is 11.6 Å². The van der Waals surface area contributed by atoms with Gasteiger partial charge in [-0.2, -0.15) is 18.3 Å². The molecular weight excluding hydrogens is 569 g/mol. The highest BCUT2D eigenvalue weighted by Crippen LogP contribution is 2.42. The van der Waals surface area contributed by atoms with Crippen LogP contribution in [0.2, 0.25) is 5.02 Å². The molecule has 5 aromatic rings. The first-order valence-corrected chi connectivity index (χ1v) is 12.3. The molecule has 41 heavy (non-hydrogen) atoms. The minimum atomic E-state index is -4.89. The van der Waals surface area contributed by atoms with Gasteiger partial charge in [0.05, 0.1) is 11.6 Å². The summed E-state index contributed by atoms with van der Waals surface area (Å²) in [4.78, 5) is 30.4. The van der Waals surface area contributed by atoms with Gasteiger partial charge in [-0.3, -0.25) is 9.59 Å². The highest BCUT2D eigenvalue weighted by atomic mass is 35.5. The number of nitrogens with zero attached hydrogens (tertiary/aromatic N) is 3. The molecule has 0 spiro atoms. The van der Waals surface area contributed by atoms with Crippen molar-refractivity contribution in [3.8, 4) is 11.1 Å². The first-order valence-electron chi connectivity index (χ1n) is 11.9. The van der Waals surface area contributed by atoms with Gasteiger partial charge in [0.2, 0.25) is 0 Å². The number of halogens is 6. The summed E-state index contributed by atoms with van der Waals surface area (Å²) in [6.07, 6.45) is -1.91. The number of carbonyl (C=O) groups is 2. The molecule has 0 unspecified atom stereocenters. The van der Waals surface area contributed by atoms with E-state index in [0.29, 0.717) is 28.9 Å². The van der Waals surface area contributed by atoms with Crippen molar-refractivity contribution in [2.24, 2.45) is 0 Å². The number of nitrogens with one attached hydrogen (secondary N) is 2. The van der Waals surface area contributed by atoms with E-state index in [1.807, 2.05) is 0 Å². The molecule has 1 aliphatic rings. The third-order valence-electron chi connectivity index (χ3n) is 6.60. The summed E-state index contributed by atoms with van der Waals surface area (Å²) in [6, 6.07) is 10.4. The maximum atomic E-state index is 14.2. The largest absolute Gasteiger partial charge is 0.416 e. The third-order valence-corrected chi connectivity index (χ3v) is 6.94. The molecule has 1 aliphatic heterocycles. The maximum Gasteiger partial charge on any atom is 0.416 e. The summed E-state index contributed by atoms with van der Waals surface area (Å²) in [6.45, 7) is 0. The second-order valence-electron chi connectivity index (χ2n) is 9.22. The average molecular weight is 584 g/mol. The van der Waals surface area contributed by atoms with Gasteiger partial charge >= 0.3 is 6.18 Å². The highest BCUT2D eigenvalue weighted by Gasteiger charge is 2.36. The molecule has 2 amide bonds. The van der Waals surface area contributed by atoms with Crippen molar-refractivity contribution in [1.29, 1.82) is 0 Å². The average Bonchev–Trinajstić information content (AvgIpc) is 3.53. The van der Waals surface area contributed by atoms with Gasteiger partial charge in [-0.15, -0.1) is 0 Å². The van der Waals surface area contributed by atoms with Gasteiger partial charge in [0.25, 0.3) is 11.8 Å². The van der Waals surface area contributed by atoms with E-state index in [-0.39, 0.29) is 33.5 Å². The second kappa shape index (κ2) is 9.66. The first-order chi connectivity index (χ1) is 19.5. The van der Waals surface area contributed by atoms with Crippen LogP contribution < -0.4 is 10.6 Å². The summed E-state index contributed by atoms with van der Waals surface area (Å²) in [7, 11) is 0. The Kier molecular flexibility index (Phi) is 6.22. The quantitative estimate of drug-likeness (QED) is 0.239. The number of fused-ring (bicyclic) bond motifs is 2. The third kappa shape index (κ3) is 4.86. The lowest BCUT2D eigenvalue weighted by atomic mass is 9.93. The molecule has 0 saturated carbocycles. The Bertz CT molecular complexity index is 1890. The van der Waals surface area contributed by atoms with Crippen molar-refractivity contribution < 1.29 is 31.5 Å². The molecule has 2 N–H and O–H groups in total. The molecule has 13 heteroatoms. The molecule has 206 valence electrons. The van der Waals surface area contributed by atoms with Gasteiger partial charge in [-0.1, -0.05) is 11.6 Å². The van der Waals surface area contributed by atoms with Crippen LogP contribution in [0.3, 0.4) is 0 Å². The van der Waals surface area contributed by atoms with Crippen molar-refractivity contribution in [3.63, 3.8) is 0 Å². The normalized spacial score (nSPS) is 14.7. The number of anilines is 1. The van der Waals surface area contributed by atoms with Crippen LogP contribution in [0.15, 0.2) is 73.2 Å². The molecule has 0 fully saturated rings. The number of hydrogen-bond acceptors (Lipinski definition) is 4. The zero-order valence-electron chi connectivity index (χ0n) is 20.4. The number of carbonyl (C=O) groups excluding carboxylic acids is 2. The van der Waals surface area contributed by atoms with Crippen molar-refractivity contribution >= 4 is 34.7 Å². The molecule has 7 nitrogen and oxygen atoms in total. The van der Waals surface area contributed by atoms with Crippen LogP contribution in [0.25, 0.3) is 16.8 Å². The molecule has 0 aliphatic carbocycles. The van der Waals surface area contributed by atoms with Crippen molar-refractivity contribution in [3.05, 3.63) is 118 Å². The zero-order valence-corrected chi connectivity index (χ0v) is 21.2. The molecule has 0 bridgehead atoms. The molecule has 6 rings (SSSR count). The summed E-state index contributed by atoms with van der Waals surface area (Å²) < 4.78 is 69.7. The lowest BCUT2D eigenvalue weighted by molar-refractivity contribution is -0.137. The smallest absolute Gasteiger partial charge is 0.341 e. The molecule has 0 radical (unpaired) electrons. The van der Waals surface area contributed by atoms with Crippen LogP contribution >= 0.6 is 11.6 Å². The van der Waals surface area contributed by atoms with E-state index in [0.717, 1.165) is 12.1 Å². The summed E-state index contributed by atoms with van der Waals surface area (Å²) in [5.41, 5.74) is 0.125. The number of pyridine rings is 1. The second-order valence-corrected chi connectivity index (χ2v) is 9.63. The minimum absolute atomic E-state index is 0.0164. The van der Waals surface area contributed by atoms with E-state index in [1.54, 1.807) is 24.4 Å². The lowest BCUT2D eigenvalue weighted by Crippen LogP contribution is -2.21. The number of hydrogen-bond donors (Lipinski definition) is 2. The van der Waals surface area contributed by atoms with E-state index < -0.39 is 46.8 Å². The van der Waals surface area contributed by atoms with Gasteiger partial charge < -0.3 is 10.6 Å². The Balaban J connectivity index is 1.51. The van der Waals surface area contributed by atoms with Gasteiger partial charge in [0, 0.05) is 44.7 Å². The Morgan fingerprint density at radius 2 is 1.78 bits per heavy atom. The standard InChI is InChI=1S/C28H15ClF5N5O2/c29-21-3-2-17(30)10-19(21)25-24-20(27(41)38-25)7-14(13-1-4-23-35-12-36-39(23)11-13)8-22(24)37-26(40)15-5-16(28(32,33)34)9-18(31)6-15/h1-12,25H,(H,37,40)(H,38,41)/t25-/m0/s1. The fourth-order valence-corrected chi connectivity index (χ4v) is 4.97. The van der Waals surface area contributed by atoms with Gasteiger partial charge in [-0.05, 0) is 66.2 Å². The van der Waals surface area contributed by atoms with Crippen molar-refractivity contribution in [2.45, 2.75) is 12.2 Å². The molecule has 2 aromatic heterocycles.